The Labute approximate surface area is 154 Å². The highest BCUT2D eigenvalue weighted by molar-refractivity contribution is 5.50. The first-order valence-electron chi connectivity index (χ1n) is 9.74. The number of fused-ring (bicyclic) bond motifs is 1. The van der Waals surface area contributed by atoms with E-state index < -0.39 is 6.10 Å². The van der Waals surface area contributed by atoms with Gasteiger partial charge in [-0.3, -0.25) is 0 Å². The predicted octanol–water partition coefficient (Wildman–Crippen LogP) is 4.16. The maximum Gasteiger partial charge on any atom is 0.0995 e. The molecule has 1 N–H and O–H groups in total. The highest BCUT2D eigenvalue weighted by atomic mass is 16.3. The van der Waals surface area contributed by atoms with Crippen molar-refractivity contribution in [1.82, 2.24) is 9.38 Å². The first-order chi connectivity index (χ1) is 12.8. The van der Waals surface area contributed by atoms with E-state index in [9.17, 15) is 5.11 Å². The third kappa shape index (κ3) is 2.78. The van der Waals surface area contributed by atoms with Crippen LogP contribution in [0.25, 0.3) is 5.52 Å². The van der Waals surface area contributed by atoms with Gasteiger partial charge in [0.1, 0.15) is 0 Å². The van der Waals surface area contributed by atoms with Crippen LogP contribution in [-0.4, -0.2) is 27.6 Å². The van der Waals surface area contributed by atoms with Crippen molar-refractivity contribution in [3.05, 3.63) is 66.2 Å². The summed E-state index contributed by atoms with van der Waals surface area (Å²) in [5, 5.41) is 11.3. The molecule has 0 unspecified atom stereocenters. The molecule has 4 heteroatoms. The van der Waals surface area contributed by atoms with Gasteiger partial charge in [0.15, 0.2) is 0 Å². The molecule has 1 aliphatic heterocycles. The molecule has 134 valence electrons. The van der Waals surface area contributed by atoms with E-state index in [4.69, 9.17) is 0 Å². The number of rotatable bonds is 4. The Morgan fingerprint density at radius 2 is 1.73 bits per heavy atom. The molecule has 1 aromatic carbocycles. The van der Waals surface area contributed by atoms with E-state index in [1.807, 2.05) is 12.5 Å². The lowest BCUT2D eigenvalue weighted by Gasteiger charge is -2.36. The number of aromatic nitrogens is 2. The zero-order valence-corrected chi connectivity index (χ0v) is 15.0. The average Bonchev–Trinajstić information content (AvgIpc) is 3.44. The van der Waals surface area contributed by atoms with Crippen LogP contribution in [0.15, 0.2) is 55.0 Å². The SMILES string of the molecule is O[C@H](c1c(C2CC2)ccc2cncn12)C1CCN(c2ccccc2)CC1. The first kappa shape index (κ1) is 15.9. The second-order valence-electron chi connectivity index (χ2n) is 7.74. The molecule has 3 aromatic rings. The van der Waals surface area contributed by atoms with Crippen LogP contribution in [-0.2, 0) is 0 Å². The fourth-order valence-corrected chi connectivity index (χ4v) is 4.42. The molecule has 0 spiro atoms. The van der Waals surface area contributed by atoms with Crippen molar-refractivity contribution in [3.8, 4) is 0 Å². The molecule has 2 fully saturated rings. The topological polar surface area (TPSA) is 40.8 Å². The number of para-hydroxylation sites is 1. The van der Waals surface area contributed by atoms with Crippen molar-refractivity contribution < 1.29 is 5.11 Å². The summed E-state index contributed by atoms with van der Waals surface area (Å²) in [6, 6.07) is 14.9. The molecule has 3 heterocycles. The van der Waals surface area contributed by atoms with E-state index in [2.05, 4.69) is 56.7 Å². The van der Waals surface area contributed by atoms with Gasteiger partial charge in [0.2, 0.25) is 0 Å². The fourth-order valence-electron chi connectivity index (χ4n) is 4.42. The Bertz CT molecular complexity index is 892. The molecule has 2 aliphatic rings. The molecular weight excluding hydrogens is 322 g/mol. The molecular formula is C22H25N3O. The van der Waals surface area contributed by atoms with E-state index in [0.717, 1.165) is 37.1 Å². The van der Waals surface area contributed by atoms with Crippen molar-refractivity contribution in [2.75, 3.05) is 18.0 Å². The molecule has 1 aliphatic carbocycles. The van der Waals surface area contributed by atoms with E-state index in [1.54, 1.807) is 0 Å². The highest BCUT2D eigenvalue weighted by Gasteiger charge is 2.34. The summed E-state index contributed by atoms with van der Waals surface area (Å²) < 4.78 is 2.11. The second-order valence-corrected chi connectivity index (χ2v) is 7.74. The monoisotopic (exact) mass is 347 g/mol. The van der Waals surface area contributed by atoms with Crippen LogP contribution in [0.5, 0.6) is 0 Å². The summed E-state index contributed by atoms with van der Waals surface area (Å²) >= 11 is 0. The largest absolute Gasteiger partial charge is 0.387 e. The van der Waals surface area contributed by atoms with Crippen LogP contribution in [0.3, 0.4) is 0 Å². The highest BCUT2D eigenvalue weighted by Crippen LogP contribution is 2.45. The maximum atomic E-state index is 11.3. The molecule has 1 saturated heterocycles. The smallest absolute Gasteiger partial charge is 0.0995 e. The summed E-state index contributed by atoms with van der Waals surface area (Å²) in [4.78, 5) is 6.74. The molecule has 5 rings (SSSR count). The van der Waals surface area contributed by atoms with E-state index in [0.29, 0.717) is 11.8 Å². The minimum Gasteiger partial charge on any atom is -0.387 e. The Morgan fingerprint density at radius 3 is 2.46 bits per heavy atom. The van der Waals surface area contributed by atoms with Crippen molar-refractivity contribution >= 4 is 11.2 Å². The van der Waals surface area contributed by atoms with Crippen molar-refractivity contribution in [2.45, 2.75) is 37.7 Å². The molecule has 1 saturated carbocycles. The van der Waals surface area contributed by atoms with E-state index in [-0.39, 0.29) is 0 Å². The van der Waals surface area contributed by atoms with Crippen molar-refractivity contribution in [1.29, 1.82) is 0 Å². The number of imidazole rings is 1. The maximum absolute atomic E-state index is 11.3. The van der Waals surface area contributed by atoms with Gasteiger partial charge in [-0.2, -0.15) is 0 Å². The van der Waals surface area contributed by atoms with Gasteiger partial charge < -0.3 is 14.4 Å². The zero-order chi connectivity index (χ0) is 17.5. The molecule has 0 bridgehead atoms. The second kappa shape index (κ2) is 6.44. The van der Waals surface area contributed by atoms with Gasteiger partial charge in [-0.05, 0) is 61.3 Å². The molecule has 4 nitrogen and oxygen atoms in total. The third-order valence-electron chi connectivity index (χ3n) is 6.06. The lowest BCUT2D eigenvalue weighted by atomic mass is 9.87. The van der Waals surface area contributed by atoms with Crippen LogP contribution < -0.4 is 4.90 Å². The number of piperidine rings is 1. The number of pyridine rings is 1. The average molecular weight is 347 g/mol. The van der Waals surface area contributed by atoms with E-state index >= 15 is 0 Å². The number of hydrogen-bond donors (Lipinski definition) is 1. The molecule has 1 atom stereocenters. The minimum absolute atomic E-state index is 0.306. The predicted molar refractivity (Wildman–Crippen MR) is 104 cm³/mol. The summed E-state index contributed by atoms with van der Waals surface area (Å²) in [6.07, 6.45) is 7.85. The van der Waals surface area contributed by atoms with Crippen LogP contribution in [0.1, 0.15) is 49.0 Å². The molecule has 0 radical (unpaired) electrons. The van der Waals surface area contributed by atoms with Crippen LogP contribution in [0.4, 0.5) is 5.69 Å². The molecule has 26 heavy (non-hydrogen) atoms. The number of nitrogens with zero attached hydrogens (tertiary/aromatic N) is 3. The van der Waals surface area contributed by atoms with Crippen LogP contribution in [0.2, 0.25) is 0 Å². The Balaban J connectivity index is 1.39. The number of hydrogen-bond acceptors (Lipinski definition) is 3. The van der Waals surface area contributed by atoms with Gasteiger partial charge in [-0.1, -0.05) is 24.3 Å². The lowest BCUT2D eigenvalue weighted by Crippen LogP contribution is -2.36. The quantitative estimate of drug-likeness (QED) is 0.770. The summed E-state index contributed by atoms with van der Waals surface area (Å²) in [5.41, 5.74) is 4.77. The molecule has 0 amide bonds. The van der Waals surface area contributed by atoms with Crippen LogP contribution in [0, 0.1) is 5.92 Å². The lowest BCUT2D eigenvalue weighted by molar-refractivity contribution is 0.0871. The van der Waals surface area contributed by atoms with Gasteiger partial charge in [-0.25, -0.2) is 4.98 Å². The van der Waals surface area contributed by atoms with Gasteiger partial charge in [-0.15, -0.1) is 0 Å². The number of benzene rings is 1. The summed E-state index contributed by atoms with van der Waals surface area (Å²) in [7, 11) is 0. The van der Waals surface area contributed by atoms with Crippen LogP contribution >= 0.6 is 0 Å². The van der Waals surface area contributed by atoms with Gasteiger partial charge in [0.25, 0.3) is 0 Å². The Kier molecular flexibility index (Phi) is 3.93. The molecule has 2 aromatic heterocycles. The standard InChI is InChI=1S/C22H25N3O/c26-22(17-10-12-24(13-11-17)18-4-2-1-3-5-18)21-20(16-6-7-16)9-8-19-14-23-15-25(19)21/h1-5,8-9,14-17,22,26H,6-7,10-13H2/t22-/m0/s1. The number of anilines is 1. The van der Waals surface area contributed by atoms with E-state index in [1.165, 1.54) is 24.1 Å². The minimum atomic E-state index is -0.415. The Hall–Kier alpha value is -2.33. The van der Waals surface area contributed by atoms with Gasteiger partial charge >= 0.3 is 0 Å². The van der Waals surface area contributed by atoms with Gasteiger partial charge in [0, 0.05) is 18.8 Å². The van der Waals surface area contributed by atoms with Crippen molar-refractivity contribution in [2.24, 2.45) is 5.92 Å². The number of aliphatic hydroxyl groups is 1. The van der Waals surface area contributed by atoms with Gasteiger partial charge in [0.05, 0.1) is 29.8 Å². The normalized spacial score (nSPS) is 19.8. The summed E-state index contributed by atoms with van der Waals surface area (Å²) in [6.45, 7) is 2.01. The first-order valence-corrected chi connectivity index (χ1v) is 9.74. The fraction of sp³-hybridized carbons (Fsp3) is 0.409. The third-order valence-corrected chi connectivity index (χ3v) is 6.06. The summed E-state index contributed by atoms with van der Waals surface area (Å²) in [5.74, 6) is 0.927. The number of aliphatic hydroxyl groups excluding tert-OH is 1. The Morgan fingerprint density at radius 1 is 0.962 bits per heavy atom. The zero-order valence-electron chi connectivity index (χ0n) is 15.0. The van der Waals surface area contributed by atoms with Crippen molar-refractivity contribution in [3.63, 3.8) is 0 Å².